The molecular weight excluding hydrogens is 370 g/mol. The number of carbonyl (C=O) groups excluding carboxylic acids is 1. The maximum absolute atomic E-state index is 12.7. The van der Waals surface area contributed by atoms with Gasteiger partial charge in [-0.2, -0.15) is 0 Å². The largest absolute Gasteiger partial charge is 0.353 e. The fourth-order valence-electron chi connectivity index (χ4n) is 6.65. The van der Waals surface area contributed by atoms with E-state index < -0.39 is 9.84 Å². The van der Waals surface area contributed by atoms with E-state index >= 15 is 0 Å². The Balaban J connectivity index is 1.38. The summed E-state index contributed by atoms with van der Waals surface area (Å²) in [6.45, 7) is 4.09. The van der Waals surface area contributed by atoms with Gasteiger partial charge in [0, 0.05) is 12.5 Å². The highest BCUT2D eigenvalue weighted by molar-refractivity contribution is 7.91. The van der Waals surface area contributed by atoms with E-state index in [0.717, 1.165) is 29.7 Å². The minimum Gasteiger partial charge on any atom is -0.353 e. The third-order valence-corrected chi connectivity index (χ3v) is 9.28. The SMILES string of the molecule is CC[C@H](NC(=O)CCS(=O)(=O)c1ccc(C)cc1)C12CC3CC(CC(C3)C1)C2. The van der Waals surface area contributed by atoms with Gasteiger partial charge in [0.25, 0.3) is 0 Å². The lowest BCUT2D eigenvalue weighted by atomic mass is 9.47. The van der Waals surface area contributed by atoms with Crippen molar-refractivity contribution in [2.24, 2.45) is 23.2 Å². The molecule has 5 rings (SSSR count). The van der Waals surface area contributed by atoms with Crippen LogP contribution in [0.3, 0.4) is 0 Å². The summed E-state index contributed by atoms with van der Waals surface area (Å²) in [5, 5.41) is 3.25. The van der Waals surface area contributed by atoms with Crippen molar-refractivity contribution in [2.75, 3.05) is 5.75 Å². The molecule has 1 N–H and O–H groups in total. The Morgan fingerprint density at radius 1 is 1.07 bits per heavy atom. The molecule has 0 radical (unpaired) electrons. The van der Waals surface area contributed by atoms with Gasteiger partial charge in [-0.25, -0.2) is 8.42 Å². The van der Waals surface area contributed by atoms with Gasteiger partial charge in [0.2, 0.25) is 5.91 Å². The van der Waals surface area contributed by atoms with Crippen LogP contribution in [0.25, 0.3) is 0 Å². The van der Waals surface area contributed by atoms with Crippen molar-refractivity contribution in [3.63, 3.8) is 0 Å². The van der Waals surface area contributed by atoms with Crippen LogP contribution in [0.15, 0.2) is 29.2 Å². The van der Waals surface area contributed by atoms with Crippen LogP contribution in [-0.2, 0) is 14.6 Å². The van der Waals surface area contributed by atoms with Crippen LogP contribution in [0.2, 0.25) is 0 Å². The molecule has 0 heterocycles. The third kappa shape index (κ3) is 3.87. The van der Waals surface area contributed by atoms with Crippen molar-refractivity contribution in [2.45, 2.75) is 76.2 Å². The minimum absolute atomic E-state index is 0.0407. The lowest BCUT2D eigenvalue weighted by molar-refractivity contribution is -0.126. The quantitative estimate of drug-likeness (QED) is 0.739. The Hall–Kier alpha value is -1.36. The summed E-state index contributed by atoms with van der Waals surface area (Å²) in [6, 6.07) is 7.05. The van der Waals surface area contributed by atoms with E-state index in [-0.39, 0.29) is 29.5 Å². The fraction of sp³-hybridized carbons (Fsp3) is 0.696. The Labute approximate surface area is 169 Å². The van der Waals surface area contributed by atoms with E-state index in [1.807, 2.05) is 6.92 Å². The van der Waals surface area contributed by atoms with Gasteiger partial charge in [-0.1, -0.05) is 24.6 Å². The first-order chi connectivity index (χ1) is 13.3. The zero-order chi connectivity index (χ0) is 19.9. The molecule has 0 saturated heterocycles. The second kappa shape index (κ2) is 7.47. The molecule has 4 aliphatic rings. The molecule has 1 aromatic carbocycles. The number of rotatable bonds is 7. The average molecular weight is 404 g/mol. The first-order valence-corrected chi connectivity index (χ1v) is 12.5. The topological polar surface area (TPSA) is 63.2 Å². The fourth-order valence-corrected chi connectivity index (χ4v) is 7.89. The highest BCUT2D eigenvalue weighted by atomic mass is 32.2. The molecule has 4 aliphatic carbocycles. The molecule has 0 unspecified atom stereocenters. The van der Waals surface area contributed by atoms with Crippen LogP contribution in [0.5, 0.6) is 0 Å². The van der Waals surface area contributed by atoms with Crippen molar-refractivity contribution >= 4 is 15.7 Å². The lowest BCUT2D eigenvalue weighted by Crippen LogP contribution is -2.56. The summed E-state index contributed by atoms with van der Waals surface area (Å²) in [7, 11) is -3.42. The standard InChI is InChI=1S/C23H33NO3S/c1-3-21(23-13-17-10-18(14-23)12-19(11-17)15-23)24-22(25)8-9-28(26,27)20-6-4-16(2)5-7-20/h4-7,17-19,21H,3,8-15H2,1-2H3,(H,24,25)/t17?,18?,19?,21-,23?/m0/s1. The van der Waals surface area contributed by atoms with Crippen molar-refractivity contribution in [1.29, 1.82) is 0 Å². The lowest BCUT2D eigenvalue weighted by Gasteiger charge is -2.59. The van der Waals surface area contributed by atoms with Gasteiger partial charge in [-0.3, -0.25) is 4.79 Å². The Morgan fingerprint density at radius 2 is 1.61 bits per heavy atom. The average Bonchev–Trinajstić information content (AvgIpc) is 2.63. The summed E-state index contributed by atoms with van der Waals surface area (Å²) in [5.41, 5.74) is 1.28. The van der Waals surface area contributed by atoms with E-state index in [1.165, 1.54) is 38.5 Å². The van der Waals surface area contributed by atoms with Gasteiger partial charge in [-0.05, 0) is 87.2 Å². The predicted molar refractivity (Wildman–Crippen MR) is 111 cm³/mol. The number of sulfone groups is 1. The molecule has 1 amide bonds. The zero-order valence-electron chi connectivity index (χ0n) is 17.1. The van der Waals surface area contributed by atoms with E-state index in [1.54, 1.807) is 24.3 Å². The molecule has 4 bridgehead atoms. The number of aryl methyl sites for hydroxylation is 1. The second-order valence-corrected chi connectivity index (χ2v) is 11.8. The number of carbonyl (C=O) groups is 1. The first-order valence-electron chi connectivity index (χ1n) is 10.9. The van der Waals surface area contributed by atoms with Gasteiger partial charge in [0.05, 0.1) is 10.6 Å². The first kappa shape index (κ1) is 19.9. The predicted octanol–water partition coefficient (Wildman–Crippen LogP) is 4.27. The van der Waals surface area contributed by atoms with Crippen molar-refractivity contribution in [1.82, 2.24) is 5.32 Å². The van der Waals surface area contributed by atoms with Gasteiger partial charge >= 0.3 is 0 Å². The summed E-state index contributed by atoms with van der Waals surface area (Å²) in [6.07, 6.45) is 8.88. The molecule has 28 heavy (non-hydrogen) atoms. The molecule has 1 aromatic rings. The molecule has 0 aliphatic heterocycles. The van der Waals surface area contributed by atoms with Crippen LogP contribution in [0.1, 0.15) is 63.9 Å². The Morgan fingerprint density at radius 3 is 2.11 bits per heavy atom. The maximum atomic E-state index is 12.7. The normalized spacial score (nSPS) is 32.3. The van der Waals surface area contributed by atoms with Gasteiger partial charge in [0.1, 0.15) is 0 Å². The molecule has 4 nitrogen and oxygen atoms in total. The van der Waals surface area contributed by atoms with E-state index in [0.29, 0.717) is 4.90 Å². The maximum Gasteiger partial charge on any atom is 0.221 e. The third-order valence-electron chi connectivity index (χ3n) is 7.55. The molecule has 5 heteroatoms. The van der Waals surface area contributed by atoms with Crippen LogP contribution in [0, 0.1) is 30.1 Å². The summed E-state index contributed by atoms with van der Waals surface area (Å²) in [5.74, 6) is 2.30. The van der Waals surface area contributed by atoms with E-state index in [9.17, 15) is 13.2 Å². The molecule has 0 spiro atoms. The Bertz CT molecular complexity index is 793. The number of nitrogens with one attached hydrogen (secondary N) is 1. The second-order valence-electron chi connectivity index (χ2n) is 9.69. The monoisotopic (exact) mass is 403 g/mol. The molecular formula is C23H33NO3S. The highest BCUT2D eigenvalue weighted by Gasteiger charge is 2.53. The molecule has 0 aromatic heterocycles. The van der Waals surface area contributed by atoms with Crippen molar-refractivity contribution < 1.29 is 13.2 Å². The molecule has 4 fully saturated rings. The molecule has 1 atom stereocenters. The van der Waals surface area contributed by atoms with Crippen LogP contribution < -0.4 is 5.32 Å². The highest BCUT2D eigenvalue weighted by Crippen LogP contribution is 2.61. The molecule has 4 saturated carbocycles. The van der Waals surface area contributed by atoms with Crippen molar-refractivity contribution in [3.05, 3.63) is 29.8 Å². The zero-order valence-corrected chi connectivity index (χ0v) is 17.9. The number of hydrogen-bond donors (Lipinski definition) is 1. The summed E-state index contributed by atoms with van der Waals surface area (Å²) >= 11 is 0. The number of amides is 1. The van der Waals surface area contributed by atoms with E-state index in [2.05, 4.69) is 12.2 Å². The van der Waals surface area contributed by atoms with E-state index in [4.69, 9.17) is 0 Å². The summed E-state index contributed by atoms with van der Waals surface area (Å²) < 4.78 is 25.1. The van der Waals surface area contributed by atoms with Crippen LogP contribution in [0.4, 0.5) is 0 Å². The Kier molecular flexibility index (Phi) is 5.32. The van der Waals surface area contributed by atoms with Gasteiger partial charge in [-0.15, -0.1) is 0 Å². The smallest absolute Gasteiger partial charge is 0.221 e. The molecule has 154 valence electrons. The van der Waals surface area contributed by atoms with Crippen molar-refractivity contribution in [3.8, 4) is 0 Å². The number of benzene rings is 1. The van der Waals surface area contributed by atoms with Gasteiger partial charge in [0.15, 0.2) is 9.84 Å². The minimum atomic E-state index is -3.42. The van der Waals surface area contributed by atoms with Crippen LogP contribution >= 0.6 is 0 Å². The number of hydrogen-bond acceptors (Lipinski definition) is 3. The summed E-state index contributed by atoms with van der Waals surface area (Å²) in [4.78, 5) is 13.0. The van der Waals surface area contributed by atoms with Crippen LogP contribution in [-0.4, -0.2) is 26.1 Å². The van der Waals surface area contributed by atoms with Gasteiger partial charge < -0.3 is 5.32 Å².